The van der Waals surface area contributed by atoms with Crippen molar-refractivity contribution >= 4 is 27.7 Å². The van der Waals surface area contributed by atoms with Gasteiger partial charge < -0.3 is 5.32 Å². The Morgan fingerprint density at radius 2 is 2.17 bits per heavy atom. The lowest BCUT2D eigenvalue weighted by atomic mass is 10.2. The Morgan fingerprint density at radius 3 is 2.89 bits per heavy atom. The number of rotatable bonds is 5. The van der Waals surface area contributed by atoms with Crippen molar-refractivity contribution < 1.29 is 0 Å². The van der Waals surface area contributed by atoms with Gasteiger partial charge in [-0.15, -0.1) is 0 Å². The lowest BCUT2D eigenvalue weighted by molar-refractivity contribution is 0.717. The molecule has 0 amide bonds. The molecule has 2 aromatic rings. The van der Waals surface area contributed by atoms with Gasteiger partial charge in [0.25, 0.3) is 0 Å². The number of benzene rings is 1. The molecule has 0 aliphatic carbocycles. The fraction of sp³-hybridized carbons (Fsp3) is 0.214. The Kier molecular flexibility index (Phi) is 5.23. The smallest absolute Gasteiger partial charge is 0.101 e. The van der Waals surface area contributed by atoms with Crippen molar-refractivity contribution in [3.8, 4) is 0 Å². The van der Waals surface area contributed by atoms with Gasteiger partial charge in [-0.3, -0.25) is 0 Å². The average Bonchev–Trinajstić information content (AvgIpc) is 2.39. The van der Waals surface area contributed by atoms with Gasteiger partial charge in [-0.1, -0.05) is 46.7 Å². The van der Waals surface area contributed by atoms with Crippen molar-refractivity contribution in [3.05, 3.63) is 52.6 Å². The molecule has 2 rings (SSSR count). The first-order valence-electron chi connectivity index (χ1n) is 5.87. The summed E-state index contributed by atoms with van der Waals surface area (Å²) in [6.07, 6.45) is 1.82. The third-order valence-electron chi connectivity index (χ3n) is 2.45. The normalized spacial score (nSPS) is 10.6. The van der Waals surface area contributed by atoms with Gasteiger partial charge in [0.05, 0.1) is 0 Å². The maximum absolute atomic E-state index is 4.35. The van der Waals surface area contributed by atoms with Crippen molar-refractivity contribution in [1.82, 2.24) is 10.3 Å². The SMILES string of the molecule is CCNCc1ccc(Br)cc1Sc1ccccn1. The lowest BCUT2D eigenvalue weighted by Gasteiger charge is -2.09. The number of hydrogen-bond donors (Lipinski definition) is 1. The number of aromatic nitrogens is 1. The molecule has 0 unspecified atom stereocenters. The zero-order valence-corrected chi connectivity index (χ0v) is 12.6. The first kappa shape index (κ1) is 13.6. The molecule has 0 saturated carbocycles. The molecular weight excluding hydrogens is 308 g/mol. The molecule has 0 bridgehead atoms. The fourth-order valence-corrected chi connectivity index (χ4v) is 3.00. The van der Waals surface area contributed by atoms with Gasteiger partial charge in [0.2, 0.25) is 0 Å². The number of nitrogens with one attached hydrogen (secondary N) is 1. The van der Waals surface area contributed by atoms with E-state index in [1.165, 1.54) is 10.5 Å². The standard InChI is InChI=1S/C14H15BrN2S/c1-2-16-10-11-6-7-12(15)9-13(11)18-14-5-3-4-8-17-14/h3-9,16H,2,10H2,1H3. The summed E-state index contributed by atoms with van der Waals surface area (Å²) in [4.78, 5) is 5.59. The van der Waals surface area contributed by atoms with Crippen molar-refractivity contribution in [2.75, 3.05) is 6.54 Å². The Balaban J connectivity index is 2.22. The Bertz CT molecular complexity index is 502. The van der Waals surface area contributed by atoms with E-state index in [0.29, 0.717) is 0 Å². The van der Waals surface area contributed by atoms with Gasteiger partial charge in [-0.2, -0.15) is 0 Å². The third-order valence-corrected chi connectivity index (χ3v) is 3.99. The molecule has 0 spiro atoms. The van der Waals surface area contributed by atoms with Crippen LogP contribution in [0.5, 0.6) is 0 Å². The van der Waals surface area contributed by atoms with E-state index in [1.807, 2.05) is 24.4 Å². The second kappa shape index (κ2) is 6.92. The maximum Gasteiger partial charge on any atom is 0.101 e. The van der Waals surface area contributed by atoms with Crippen LogP contribution in [0.4, 0.5) is 0 Å². The Morgan fingerprint density at radius 1 is 1.28 bits per heavy atom. The van der Waals surface area contributed by atoms with Crippen LogP contribution in [0.25, 0.3) is 0 Å². The molecule has 0 atom stereocenters. The van der Waals surface area contributed by atoms with Crippen LogP contribution >= 0.6 is 27.7 Å². The molecule has 0 aliphatic heterocycles. The summed E-state index contributed by atoms with van der Waals surface area (Å²) in [5.74, 6) is 0. The van der Waals surface area contributed by atoms with Crippen molar-refractivity contribution in [2.45, 2.75) is 23.4 Å². The van der Waals surface area contributed by atoms with E-state index in [9.17, 15) is 0 Å². The zero-order chi connectivity index (χ0) is 12.8. The molecule has 1 heterocycles. The van der Waals surface area contributed by atoms with E-state index >= 15 is 0 Å². The zero-order valence-electron chi connectivity index (χ0n) is 10.2. The van der Waals surface area contributed by atoms with Crippen molar-refractivity contribution in [1.29, 1.82) is 0 Å². The first-order chi connectivity index (χ1) is 8.79. The largest absolute Gasteiger partial charge is 0.313 e. The summed E-state index contributed by atoms with van der Waals surface area (Å²) in [5.41, 5.74) is 1.30. The van der Waals surface area contributed by atoms with Gasteiger partial charge >= 0.3 is 0 Å². The average molecular weight is 323 g/mol. The highest BCUT2D eigenvalue weighted by Gasteiger charge is 2.05. The van der Waals surface area contributed by atoms with E-state index in [0.717, 1.165) is 22.6 Å². The molecule has 4 heteroatoms. The van der Waals surface area contributed by atoms with Gasteiger partial charge in [0.1, 0.15) is 5.03 Å². The molecule has 0 aliphatic rings. The van der Waals surface area contributed by atoms with Gasteiger partial charge in [-0.05, 0) is 36.4 Å². The highest BCUT2D eigenvalue weighted by molar-refractivity contribution is 9.10. The van der Waals surface area contributed by atoms with E-state index < -0.39 is 0 Å². The molecule has 1 aromatic heterocycles. The van der Waals surface area contributed by atoms with Crippen LogP contribution in [-0.4, -0.2) is 11.5 Å². The van der Waals surface area contributed by atoms with Crippen molar-refractivity contribution in [2.24, 2.45) is 0 Å². The second-order valence-electron chi connectivity index (χ2n) is 3.80. The summed E-state index contributed by atoms with van der Waals surface area (Å²) in [6.45, 7) is 3.98. The minimum Gasteiger partial charge on any atom is -0.313 e. The molecule has 1 aromatic carbocycles. The van der Waals surface area contributed by atoms with E-state index in [1.54, 1.807) is 11.8 Å². The molecule has 94 valence electrons. The quantitative estimate of drug-likeness (QED) is 0.896. The Labute approximate surface area is 120 Å². The van der Waals surface area contributed by atoms with Crippen LogP contribution in [0.3, 0.4) is 0 Å². The van der Waals surface area contributed by atoms with Crippen LogP contribution in [0.15, 0.2) is 57.0 Å². The van der Waals surface area contributed by atoms with Crippen LogP contribution < -0.4 is 5.32 Å². The number of pyridine rings is 1. The minimum absolute atomic E-state index is 0.888. The van der Waals surface area contributed by atoms with Gasteiger partial charge in [0, 0.05) is 22.1 Å². The van der Waals surface area contributed by atoms with E-state index in [-0.39, 0.29) is 0 Å². The number of nitrogens with zero attached hydrogens (tertiary/aromatic N) is 1. The summed E-state index contributed by atoms with van der Waals surface area (Å²) < 4.78 is 1.10. The summed E-state index contributed by atoms with van der Waals surface area (Å²) in [6, 6.07) is 12.4. The first-order valence-corrected chi connectivity index (χ1v) is 7.48. The van der Waals surface area contributed by atoms with Gasteiger partial charge in [0.15, 0.2) is 0 Å². The van der Waals surface area contributed by atoms with Gasteiger partial charge in [-0.25, -0.2) is 4.98 Å². The molecule has 0 fully saturated rings. The Hall–Kier alpha value is -0.840. The molecule has 1 N–H and O–H groups in total. The molecule has 2 nitrogen and oxygen atoms in total. The monoisotopic (exact) mass is 322 g/mol. The highest BCUT2D eigenvalue weighted by Crippen LogP contribution is 2.31. The highest BCUT2D eigenvalue weighted by atomic mass is 79.9. The van der Waals surface area contributed by atoms with E-state index in [4.69, 9.17) is 0 Å². The fourth-order valence-electron chi connectivity index (χ4n) is 1.55. The summed E-state index contributed by atoms with van der Waals surface area (Å²) >= 11 is 5.22. The van der Waals surface area contributed by atoms with E-state index in [2.05, 4.69) is 51.4 Å². The van der Waals surface area contributed by atoms with Crippen LogP contribution in [0.2, 0.25) is 0 Å². The molecule has 18 heavy (non-hydrogen) atoms. The summed E-state index contributed by atoms with van der Waals surface area (Å²) in [7, 11) is 0. The van der Waals surface area contributed by atoms with Crippen LogP contribution in [0.1, 0.15) is 12.5 Å². The van der Waals surface area contributed by atoms with Crippen molar-refractivity contribution in [3.63, 3.8) is 0 Å². The number of hydrogen-bond acceptors (Lipinski definition) is 3. The predicted molar refractivity (Wildman–Crippen MR) is 79.9 cm³/mol. The van der Waals surface area contributed by atoms with Crippen LogP contribution in [-0.2, 0) is 6.54 Å². The van der Waals surface area contributed by atoms with Crippen LogP contribution in [0, 0.1) is 0 Å². The molecule has 0 radical (unpaired) electrons. The summed E-state index contributed by atoms with van der Waals surface area (Å²) in [5, 5.41) is 4.38. The molecular formula is C14H15BrN2S. The predicted octanol–water partition coefficient (Wildman–Crippen LogP) is 4.10. The topological polar surface area (TPSA) is 24.9 Å². The maximum atomic E-state index is 4.35. The third kappa shape index (κ3) is 3.83. The lowest BCUT2D eigenvalue weighted by Crippen LogP contribution is -2.12. The minimum atomic E-state index is 0.888. The second-order valence-corrected chi connectivity index (χ2v) is 5.78. The number of halogens is 1. The molecule has 0 saturated heterocycles.